The average Bonchev–Trinajstić information content (AvgIpc) is 3.46. The molecule has 0 saturated carbocycles. The molecule has 4 nitrogen and oxygen atoms in total. The minimum absolute atomic E-state index is 0.389. The highest BCUT2D eigenvalue weighted by atomic mass is 31.2. The van der Waals surface area contributed by atoms with Crippen molar-refractivity contribution in [3.63, 3.8) is 0 Å². The van der Waals surface area contributed by atoms with E-state index in [0.717, 1.165) is 49.0 Å². The molecule has 0 unspecified atom stereocenters. The maximum absolute atomic E-state index is 15.6. The van der Waals surface area contributed by atoms with Crippen LogP contribution >= 0.6 is 7.29 Å². The van der Waals surface area contributed by atoms with Crippen LogP contribution in [-0.2, 0) is 13.9 Å². The van der Waals surface area contributed by atoms with E-state index in [1.807, 2.05) is 72.8 Å². The van der Waals surface area contributed by atoms with Gasteiger partial charge in [0.15, 0.2) is 0 Å². The summed E-state index contributed by atoms with van der Waals surface area (Å²) in [6.07, 6.45) is 0. The summed E-state index contributed by atoms with van der Waals surface area (Å²) in [5.41, 5.74) is 4.24. The van der Waals surface area contributed by atoms with Gasteiger partial charge in [-0.2, -0.15) is 0 Å². The van der Waals surface area contributed by atoms with Crippen molar-refractivity contribution in [3.8, 4) is 11.1 Å². The highest BCUT2D eigenvalue weighted by molar-refractivity contribution is 7.77. The van der Waals surface area contributed by atoms with Crippen molar-refractivity contribution in [2.75, 3.05) is 0 Å². The standard InChI is InChI=1S/C36H33BNO3P/c1-35(2)36(3,4)41-37(40-35)28-22-19-26(20-23-28)27-21-24-32-31-17-11-12-18-33(31)38(34(32)25-27)42(39,29-13-7-5-8-14-29)30-15-9-6-10-16-30/h5-25H,1-4H3. The number of hydrogen-bond acceptors (Lipinski definition) is 3. The van der Waals surface area contributed by atoms with Crippen molar-refractivity contribution in [2.24, 2.45) is 0 Å². The van der Waals surface area contributed by atoms with E-state index in [1.54, 1.807) is 0 Å². The SMILES string of the molecule is CC1(C)OB(c2ccc(-c3ccc4c5ccccc5n(P(=O)(c5ccccc5)c5ccccc5)c4c3)cc2)OC1(C)C. The molecule has 1 aliphatic heterocycles. The van der Waals surface area contributed by atoms with E-state index >= 15 is 4.57 Å². The third kappa shape index (κ3) is 4.19. The molecule has 0 atom stereocenters. The third-order valence-electron chi connectivity index (χ3n) is 8.91. The van der Waals surface area contributed by atoms with Crippen molar-refractivity contribution in [1.29, 1.82) is 0 Å². The average molecular weight is 569 g/mol. The van der Waals surface area contributed by atoms with Gasteiger partial charge in [0.1, 0.15) is 0 Å². The lowest BCUT2D eigenvalue weighted by molar-refractivity contribution is 0.00578. The van der Waals surface area contributed by atoms with Crippen LogP contribution in [0.2, 0.25) is 0 Å². The lowest BCUT2D eigenvalue weighted by atomic mass is 9.78. The summed E-state index contributed by atoms with van der Waals surface area (Å²) in [6.45, 7) is 8.27. The Hall–Kier alpha value is -3.89. The zero-order chi connectivity index (χ0) is 29.1. The minimum atomic E-state index is -3.29. The van der Waals surface area contributed by atoms with E-state index in [9.17, 15) is 0 Å². The Labute approximate surface area is 247 Å². The number of benzene rings is 5. The Morgan fingerprint density at radius 2 is 1.07 bits per heavy atom. The van der Waals surface area contributed by atoms with Gasteiger partial charge >= 0.3 is 7.12 Å². The molecule has 42 heavy (non-hydrogen) atoms. The van der Waals surface area contributed by atoms with Gasteiger partial charge in [-0.1, -0.05) is 91.0 Å². The number of fused-ring (bicyclic) bond motifs is 3. The third-order valence-corrected chi connectivity index (χ3v) is 11.9. The van der Waals surface area contributed by atoms with Gasteiger partial charge in [0.25, 0.3) is 0 Å². The molecule has 7 rings (SSSR count). The first-order valence-electron chi connectivity index (χ1n) is 14.4. The number of para-hydroxylation sites is 1. The lowest BCUT2D eigenvalue weighted by Gasteiger charge is -2.32. The quantitative estimate of drug-likeness (QED) is 0.159. The fourth-order valence-electron chi connectivity index (χ4n) is 5.89. The molecule has 1 aliphatic rings. The van der Waals surface area contributed by atoms with E-state index in [0.29, 0.717) is 0 Å². The molecule has 208 valence electrons. The van der Waals surface area contributed by atoms with Crippen LogP contribution < -0.4 is 16.1 Å². The molecule has 6 aromatic rings. The molecule has 0 amide bonds. The molecule has 0 N–H and O–H groups in total. The largest absolute Gasteiger partial charge is 0.494 e. The zero-order valence-corrected chi connectivity index (χ0v) is 25.2. The molecule has 1 aromatic heterocycles. The molecule has 0 aliphatic carbocycles. The molecule has 0 bridgehead atoms. The predicted molar refractivity (Wildman–Crippen MR) is 176 cm³/mol. The maximum Gasteiger partial charge on any atom is 0.494 e. The van der Waals surface area contributed by atoms with Gasteiger partial charge in [-0.25, -0.2) is 0 Å². The molecule has 2 heterocycles. The molecule has 0 radical (unpaired) electrons. The Kier molecular flexibility index (Phi) is 6.33. The van der Waals surface area contributed by atoms with E-state index in [1.165, 1.54) is 0 Å². The first-order chi connectivity index (χ1) is 20.2. The predicted octanol–water partition coefficient (Wildman–Crippen LogP) is 7.54. The van der Waals surface area contributed by atoms with Crippen molar-refractivity contribution >= 4 is 52.3 Å². The van der Waals surface area contributed by atoms with E-state index in [2.05, 4.69) is 86.6 Å². The second kappa shape index (κ2) is 9.85. The fraction of sp³-hybridized carbons (Fsp3) is 0.167. The monoisotopic (exact) mass is 569 g/mol. The lowest BCUT2D eigenvalue weighted by Crippen LogP contribution is -2.41. The number of aromatic nitrogens is 1. The second-order valence-electron chi connectivity index (χ2n) is 12.0. The van der Waals surface area contributed by atoms with E-state index in [-0.39, 0.29) is 11.2 Å². The van der Waals surface area contributed by atoms with E-state index < -0.39 is 14.4 Å². The smallest absolute Gasteiger partial charge is 0.399 e. The van der Waals surface area contributed by atoms with Gasteiger partial charge in [-0.05, 0) is 80.7 Å². The highest BCUT2D eigenvalue weighted by Gasteiger charge is 2.51. The molecule has 6 heteroatoms. The first-order valence-corrected chi connectivity index (χ1v) is 16.1. The van der Waals surface area contributed by atoms with Crippen molar-refractivity contribution in [1.82, 2.24) is 4.34 Å². The van der Waals surface area contributed by atoms with Crippen LogP contribution in [0, 0.1) is 0 Å². The summed E-state index contributed by atoms with van der Waals surface area (Å²) in [6, 6.07) is 42.8. The summed E-state index contributed by atoms with van der Waals surface area (Å²) < 4.78 is 30.2. The van der Waals surface area contributed by atoms with Crippen LogP contribution in [-0.4, -0.2) is 22.7 Å². The number of hydrogen-bond donors (Lipinski definition) is 0. The topological polar surface area (TPSA) is 40.5 Å². The summed E-state index contributed by atoms with van der Waals surface area (Å²) in [5, 5.41) is 3.77. The minimum Gasteiger partial charge on any atom is -0.399 e. The Morgan fingerprint density at radius 3 is 1.67 bits per heavy atom. The fourth-order valence-corrected chi connectivity index (χ4v) is 8.74. The second-order valence-corrected chi connectivity index (χ2v) is 14.6. The van der Waals surface area contributed by atoms with Gasteiger partial charge in [0.05, 0.1) is 22.2 Å². The van der Waals surface area contributed by atoms with Crippen LogP contribution in [0.15, 0.2) is 127 Å². The van der Waals surface area contributed by atoms with Gasteiger partial charge in [-0.15, -0.1) is 0 Å². The molecule has 1 saturated heterocycles. The zero-order valence-electron chi connectivity index (χ0n) is 24.3. The van der Waals surface area contributed by atoms with Crippen molar-refractivity contribution in [3.05, 3.63) is 127 Å². The van der Waals surface area contributed by atoms with Crippen LogP contribution in [0.4, 0.5) is 0 Å². The number of rotatable bonds is 5. The summed E-state index contributed by atoms with van der Waals surface area (Å²) >= 11 is 0. The molecule has 1 fully saturated rings. The Bertz CT molecular complexity index is 1910. The van der Waals surface area contributed by atoms with Crippen molar-refractivity contribution in [2.45, 2.75) is 38.9 Å². The van der Waals surface area contributed by atoms with Crippen molar-refractivity contribution < 1.29 is 13.9 Å². The van der Waals surface area contributed by atoms with E-state index in [4.69, 9.17) is 9.31 Å². The Balaban J connectivity index is 1.40. The number of nitrogens with zero attached hydrogens (tertiary/aromatic N) is 1. The van der Waals surface area contributed by atoms with Crippen LogP contribution in [0.25, 0.3) is 32.9 Å². The molecular weight excluding hydrogens is 536 g/mol. The highest BCUT2D eigenvalue weighted by Crippen LogP contribution is 2.51. The van der Waals surface area contributed by atoms with Gasteiger partial charge in [0, 0.05) is 21.4 Å². The van der Waals surface area contributed by atoms with Gasteiger partial charge < -0.3 is 9.31 Å². The van der Waals surface area contributed by atoms with Gasteiger partial charge in [0.2, 0.25) is 7.29 Å². The van der Waals surface area contributed by atoms with Crippen LogP contribution in [0.3, 0.4) is 0 Å². The van der Waals surface area contributed by atoms with Crippen LogP contribution in [0.1, 0.15) is 27.7 Å². The molecule has 0 spiro atoms. The summed E-state index contributed by atoms with van der Waals surface area (Å²) in [7, 11) is -3.70. The Morgan fingerprint density at radius 1 is 0.571 bits per heavy atom. The normalized spacial score (nSPS) is 16.3. The first kappa shape index (κ1) is 27.0. The summed E-state index contributed by atoms with van der Waals surface area (Å²) in [4.78, 5) is 0. The maximum atomic E-state index is 15.6. The van der Waals surface area contributed by atoms with Crippen LogP contribution in [0.5, 0.6) is 0 Å². The van der Waals surface area contributed by atoms with Gasteiger partial charge in [-0.3, -0.25) is 8.90 Å². The molecule has 5 aromatic carbocycles. The summed E-state index contributed by atoms with van der Waals surface area (Å²) in [5.74, 6) is 0. The molecular formula is C36H33BNO3P.